The number of benzene rings is 1. The fourth-order valence-corrected chi connectivity index (χ4v) is 2.42. The van der Waals surface area contributed by atoms with Crippen LogP contribution in [0.1, 0.15) is 45.2 Å². The molecular formula is C16H25N3O. The van der Waals surface area contributed by atoms with E-state index >= 15 is 0 Å². The highest BCUT2D eigenvalue weighted by Gasteiger charge is 2.45. The molecule has 1 aromatic rings. The number of nitrogens with two attached hydrogens (primary N) is 1. The average Bonchev–Trinajstić information content (AvgIpc) is 3.18. The van der Waals surface area contributed by atoms with Crippen LogP contribution in [-0.2, 0) is 0 Å². The van der Waals surface area contributed by atoms with Crippen molar-refractivity contribution in [3.8, 4) is 0 Å². The molecule has 1 aliphatic carbocycles. The van der Waals surface area contributed by atoms with E-state index in [1.807, 2.05) is 31.2 Å². The maximum absolute atomic E-state index is 11.9. The van der Waals surface area contributed by atoms with Crippen molar-refractivity contribution in [3.05, 3.63) is 29.8 Å². The van der Waals surface area contributed by atoms with Gasteiger partial charge in [0.25, 0.3) is 0 Å². The van der Waals surface area contributed by atoms with Gasteiger partial charge in [0.2, 0.25) is 0 Å². The average molecular weight is 275 g/mol. The van der Waals surface area contributed by atoms with Gasteiger partial charge in [0.15, 0.2) is 0 Å². The number of anilines is 1. The molecule has 4 N–H and O–H groups in total. The van der Waals surface area contributed by atoms with E-state index in [2.05, 4.69) is 24.5 Å². The van der Waals surface area contributed by atoms with Crippen molar-refractivity contribution in [2.75, 3.05) is 11.9 Å². The van der Waals surface area contributed by atoms with Crippen molar-refractivity contribution >= 4 is 11.7 Å². The van der Waals surface area contributed by atoms with Gasteiger partial charge in [-0.2, -0.15) is 0 Å². The van der Waals surface area contributed by atoms with Crippen LogP contribution in [0.5, 0.6) is 0 Å². The van der Waals surface area contributed by atoms with Gasteiger partial charge >= 0.3 is 6.03 Å². The molecule has 0 radical (unpaired) electrons. The minimum atomic E-state index is -0.134. The van der Waals surface area contributed by atoms with Crippen LogP contribution < -0.4 is 16.4 Å². The first kappa shape index (κ1) is 14.9. The molecule has 0 spiro atoms. The molecule has 20 heavy (non-hydrogen) atoms. The summed E-state index contributed by atoms with van der Waals surface area (Å²) in [6.45, 7) is 7.14. The van der Waals surface area contributed by atoms with Gasteiger partial charge in [0, 0.05) is 18.3 Å². The van der Waals surface area contributed by atoms with Gasteiger partial charge in [0.1, 0.15) is 0 Å². The number of hydrogen-bond acceptors (Lipinski definition) is 2. The van der Waals surface area contributed by atoms with Gasteiger partial charge in [-0.1, -0.05) is 26.0 Å². The molecule has 0 aromatic heterocycles. The Morgan fingerprint density at radius 3 is 2.30 bits per heavy atom. The Bertz CT molecular complexity index is 461. The lowest BCUT2D eigenvalue weighted by Crippen LogP contribution is -2.35. The van der Waals surface area contributed by atoms with Crippen molar-refractivity contribution in [2.45, 2.75) is 39.7 Å². The number of carbonyl (C=O) groups is 1. The second kappa shape index (κ2) is 5.83. The Labute approximate surface area is 121 Å². The van der Waals surface area contributed by atoms with E-state index in [1.54, 1.807) is 0 Å². The molecule has 0 aliphatic heterocycles. The zero-order valence-corrected chi connectivity index (χ0v) is 12.6. The molecule has 1 atom stereocenters. The number of hydrogen-bond donors (Lipinski definition) is 3. The summed E-state index contributed by atoms with van der Waals surface area (Å²) >= 11 is 0. The molecule has 1 unspecified atom stereocenters. The summed E-state index contributed by atoms with van der Waals surface area (Å²) in [7, 11) is 0. The minimum Gasteiger partial charge on any atom is -0.337 e. The third kappa shape index (κ3) is 3.51. The molecule has 1 aromatic carbocycles. The van der Waals surface area contributed by atoms with Crippen molar-refractivity contribution in [3.63, 3.8) is 0 Å². The molecule has 0 bridgehead atoms. The molecule has 4 heteroatoms. The van der Waals surface area contributed by atoms with Crippen LogP contribution in [0.25, 0.3) is 0 Å². The van der Waals surface area contributed by atoms with E-state index < -0.39 is 0 Å². The molecule has 2 amide bonds. The Balaban J connectivity index is 1.82. The van der Waals surface area contributed by atoms with Gasteiger partial charge in [-0.3, -0.25) is 0 Å². The Morgan fingerprint density at radius 1 is 1.25 bits per heavy atom. The number of carbonyl (C=O) groups excluding carboxylic acids is 1. The second-order valence-electron chi connectivity index (χ2n) is 6.24. The molecule has 1 saturated carbocycles. The quantitative estimate of drug-likeness (QED) is 0.772. The van der Waals surface area contributed by atoms with E-state index in [9.17, 15) is 4.79 Å². The summed E-state index contributed by atoms with van der Waals surface area (Å²) in [5.74, 6) is 0.619. The highest BCUT2D eigenvalue weighted by atomic mass is 16.2. The van der Waals surface area contributed by atoms with Gasteiger partial charge in [-0.15, -0.1) is 0 Å². The Kier molecular flexibility index (Phi) is 4.33. The normalized spacial score (nSPS) is 17.6. The Morgan fingerprint density at radius 2 is 1.85 bits per heavy atom. The van der Waals surface area contributed by atoms with E-state index in [0.717, 1.165) is 17.8 Å². The van der Waals surface area contributed by atoms with Gasteiger partial charge in [0.05, 0.1) is 0 Å². The molecule has 110 valence electrons. The second-order valence-corrected chi connectivity index (χ2v) is 6.24. The lowest BCUT2D eigenvalue weighted by Gasteiger charge is -2.20. The number of rotatable bonds is 5. The van der Waals surface area contributed by atoms with Crippen LogP contribution >= 0.6 is 0 Å². The summed E-state index contributed by atoms with van der Waals surface area (Å²) in [5.41, 5.74) is 7.98. The maximum atomic E-state index is 11.9. The molecule has 0 saturated heterocycles. The molecule has 2 rings (SSSR count). The monoisotopic (exact) mass is 275 g/mol. The van der Waals surface area contributed by atoms with E-state index in [-0.39, 0.29) is 12.1 Å². The van der Waals surface area contributed by atoms with Crippen molar-refractivity contribution < 1.29 is 4.79 Å². The summed E-state index contributed by atoms with van der Waals surface area (Å²) in [4.78, 5) is 11.9. The molecule has 1 aliphatic rings. The first-order chi connectivity index (χ1) is 9.43. The molecule has 4 nitrogen and oxygen atoms in total. The maximum Gasteiger partial charge on any atom is 0.319 e. The number of nitrogens with one attached hydrogen (secondary N) is 2. The van der Waals surface area contributed by atoms with Crippen LogP contribution in [0.2, 0.25) is 0 Å². The van der Waals surface area contributed by atoms with E-state index in [4.69, 9.17) is 5.73 Å². The zero-order valence-electron chi connectivity index (χ0n) is 12.6. The lowest BCUT2D eigenvalue weighted by molar-refractivity contribution is 0.246. The topological polar surface area (TPSA) is 67.1 Å². The van der Waals surface area contributed by atoms with Crippen LogP contribution in [0, 0.1) is 11.3 Å². The third-order valence-corrected chi connectivity index (χ3v) is 4.41. The van der Waals surface area contributed by atoms with Crippen molar-refractivity contribution in [1.82, 2.24) is 5.32 Å². The summed E-state index contributed by atoms with van der Waals surface area (Å²) < 4.78 is 0. The molecule has 1 fully saturated rings. The van der Waals surface area contributed by atoms with Crippen molar-refractivity contribution in [1.29, 1.82) is 0 Å². The van der Waals surface area contributed by atoms with Crippen LogP contribution in [0.3, 0.4) is 0 Å². The van der Waals surface area contributed by atoms with Crippen LogP contribution in [0.4, 0.5) is 10.5 Å². The van der Waals surface area contributed by atoms with Gasteiger partial charge in [-0.25, -0.2) is 4.79 Å². The lowest BCUT2D eigenvalue weighted by atomic mass is 9.92. The zero-order chi connectivity index (χ0) is 14.8. The van der Waals surface area contributed by atoms with Crippen LogP contribution in [0.15, 0.2) is 24.3 Å². The largest absolute Gasteiger partial charge is 0.337 e. The first-order valence-electron chi connectivity index (χ1n) is 7.33. The third-order valence-electron chi connectivity index (χ3n) is 4.41. The minimum absolute atomic E-state index is 0.0126. The number of urea groups is 1. The fraction of sp³-hybridized carbons (Fsp3) is 0.562. The predicted octanol–water partition coefficient (Wildman–Crippen LogP) is 3.26. The predicted molar refractivity (Wildman–Crippen MR) is 82.6 cm³/mol. The van der Waals surface area contributed by atoms with Gasteiger partial charge < -0.3 is 16.4 Å². The number of amides is 2. The van der Waals surface area contributed by atoms with E-state index in [0.29, 0.717) is 11.3 Å². The molecular weight excluding hydrogens is 250 g/mol. The highest BCUT2D eigenvalue weighted by Crippen LogP contribution is 2.51. The smallest absolute Gasteiger partial charge is 0.319 e. The van der Waals surface area contributed by atoms with Crippen LogP contribution in [-0.4, -0.2) is 12.6 Å². The standard InChI is InChI=1S/C16H25N3O/c1-11(2)16(8-9-16)10-18-15(20)19-14-6-4-13(5-7-14)12(3)17/h4-7,11-12H,8-10,17H2,1-3H3,(H2,18,19,20). The summed E-state index contributed by atoms with van der Waals surface area (Å²) in [6.07, 6.45) is 2.43. The highest BCUT2D eigenvalue weighted by molar-refractivity contribution is 5.89. The first-order valence-corrected chi connectivity index (χ1v) is 7.33. The molecule has 0 heterocycles. The summed E-state index contributed by atoms with van der Waals surface area (Å²) in [5, 5.41) is 5.83. The SMILES string of the molecule is CC(N)c1ccc(NC(=O)NCC2(C(C)C)CC2)cc1. The Hall–Kier alpha value is -1.55. The summed E-state index contributed by atoms with van der Waals surface area (Å²) in [6, 6.07) is 7.53. The van der Waals surface area contributed by atoms with Gasteiger partial charge in [-0.05, 0) is 48.8 Å². The van der Waals surface area contributed by atoms with E-state index in [1.165, 1.54) is 12.8 Å². The fourth-order valence-electron chi connectivity index (χ4n) is 2.42. The van der Waals surface area contributed by atoms with Crippen molar-refractivity contribution in [2.24, 2.45) is 17.1 Å².